The maximum absolute atomic E-state index is 11.9. The third-order valence-electron chi connectivity index (χ3n) is 2.01. The van der Waals surface area contributed by atoms with Crippen molar-refractivity contribution >= 4 is 39.9 Å². The molecule has 0 spiro atoms. The van der Waals surface area contributed by atoms with Crippen LogP contribution in [-0.2, 0) is 0 Å². The number of carbonyl (C=O) groups excluding carboxylic acids is 1. The molecule has 0 aliphatic carbocycles. The van der Waals surface area contributed by atoms with Crippen LogP contribution in [0.5, 0.6) is 0 Å². The predicted octanol–water partition coefficient (Wildman–Crippen LogP) is 2.33. The Morgan fingerprint density at radius 3 is 2.94 bits per heavy atom. The van der Waals surface area contributed by atoms with Gasteiger partial charge in [-0.2, -0.15) is 4.37 Å². The summed E-state index contributed by atoms with van der Waals surface area (Å²) in [5.74, 6) is 0.269. The van der Waals surface area contributed by atoms with Crippen molar-refractivity contribution in [3.63, 3.8) is 0 Å². The second kappa shape index (κ2) is 4.68. The van der Waals surface area contributed by atoms with Gasteiger partial charge in [-0.25, -0.2) is 4.98 Å². The molecule has 7 heteroatoms. The van der Waals surface area contributed by atoms with E-state index >= 15 is 0 Å². The lowest BCUT2D eigenvalue weighted by atomic mass is 10.2. The van der Waals surface area contributed by atoms with Crippen molar-refractivity contribution in [3.05, 3.63) is 34.6 Å². The second-order valence-electron chi connectivity index (χ2n) is 3.33. The average molecular weight is 269 g/mol. The van der Waals surface area contributed by atoms with Gasteiger partial charge in [0.25, 0.3) is 5.91 Å². The number of carbonyl (C=O) groups is 1. The van der Waals surface area contributed by atoms with E-state index in [0.29, 0.717) is 27.2 Å². The quantitative estimate of drug-likeness (QED) is 0.819. The van der Waals surface area contributed by atoms with Crippen molar-refractivity contribution in [2.24, 2.45) is 0 Å². The Hall–Kier alpha value is -1.66. The summed E-state index contributed by atoms with van der Waals surface area (Å²) >= 11 is 6.92. The number of rotatable bonds is 2. The fourth-order valence-electron chi connectivity index (χ4n) is 1.24. The standard InChI is InChI=1S/C10H9ClN4OS/c1-5-13-10(17-15-5)14-9(16)7-4-6(11)2-3-8(7)12/h2-4H,12H2,1H3,(H,13,14,15,16). The van der Waals surface area contributed by atoms with Crippen LogP contribution in [0.1, 0.15) is 16.2 Å². The lowest BCUT2D eigenvalue weighted by molar-refractivity contribution is 0.102. The molecule has 0 saturated heterocycles. The third-order valence-corrected chi connectivity index (χ3v) is 2.96. The highest BCUT2D eigenvalue weighted by Gasteiger charge is 2.12. The Morgan fingerprint density at radius 2 is 2.29 bits per heavy atom. The monoisotopic (exact) mass is 268 g/mol. The number of hydrogen-bond acceptors (Lipinski definition) is 5. The van der Waals surface area contributed by atoms with Crippen molar-refractivity contribution in [3.8, 4) is 0 Å². The fraction of sp³-hybridized carbons (Fsp3) is 0.100. The third kappa shape index (κ3) is 2.72. The Kier molecular flexibility index (Phi) is 3.26. The van der Waals surface area contributed by atoms with Crippen LogP contribution in [0.2, 0.25) is 5.02 Å². The van der Waals surface area contributed by atoms with Gasteiger partial charge in [0.2, 0.25) is 5.13 Å². The van der Waals surface area contributed by atoms with E-state index in [-0.39, 0.29) is 5.91 Å². The number of benzene rings is 1. The molecule has 0 aliphatic heterocycles. The van der Waals surface area contributed by atoms with Crippen molar-refractivity contribution < 1.29 is 4.79 Å². The molecule has 0 bridgehead atoms. The normalized spacial score (nSPS) is 10.2. The molecular formula is C10H9ClN4OS. The summed E-state index contributed by atoms with van der Waals surface area (Å²) in [5, 5.41) is 3.51. The van der Waals surface area contributed by atoms with Crippen LogP contribution < -0.4 is 11.1 Å². The van der Waals surface area contributed by atoms with Gasteiger partial charge >= 0.3 is 0 Å². The maximum Gasteiger partial charge on any atom is 0.259 e. The number of anilines is 2. The molecular weight excluding hydrogens is 260 g/mol. The molecule has 2 aromatic rings. The van der Waals surface area contributed by atoms with Gasteiger partial charge in [-0.3, -0.25) is 10.1 Å². The van der Waals surface area contributed by atoms with Crippen LogP contribution >= 0.6 is 23.1 Å². The smallest absolute Gasteiger partial charge is 0.259 e. The minimum Gasteiger partial charge on any atom is -0.398 e. The number of amides is 1. The van der Waals surface area contributed by atoms with E-state index in [0.717, 1.165) is 11.5 Å². The minimum atomic E-state index is -0.346. The first-order valence-electron chi connectivity index (χ1n) is 4.73. The Morgan fingerprint density at radius 1 is 1.53 bits per heavy atom. The first-order chi connectivity index (χ1) is 8.06. The number of hydrogen-bond donors (Lipinski definition) is 2. The van der Waals surface area contributed by atoms with Gasteiger partial charge in [-0.05, 0) is 25.1 Å². The topological polar surface area (TPSA) is 80.9 Å². The zero-order valence-corrected chi connectivity index (χ0v) is 10.5. The first kappa shape index (κ1) is 11.8. The van der Waals surface area contributed by atoms with Gasteiger partial charge in [0.15, 0.2) is 0 Å². The molecule has 88 valence electrons. The number of nitrogens with zero attached hydrogens (tertiary/aromatic N) is 2. The van der Waals surface area contributed by atoms with Crippen LogP contribution in [0.25, 0.3) is 0 Å². The van der Waals surface area contributed by atoms with Crippen LogP contribution in [0.3, 0.4) is 0 Å². The van der Waals surface area contributed by atoms with Crippen LogP contribution in [0.4, 0.5) is 10.8 Å². The number of halogens is 1. The zero-order valence-electron chi connectivity index (χ0n) is 8.90. The molecule has 0 radical (unpaired) electrons. The zero-order chi connectivity index (χ0) is 12.4. The minimum absolute atomic E-state index is 0.324. The van der Waals surface area contributed by atoms with Crippen molar-refractivity contribution in [2.45, 2.75) is 6.92 Å². The van der Waals surface area contributed by atoms with E-state index in [1.807, 2.05) is 0 Å². The van der Waals surface area contributed by atoms with E-state index in [1.54, 1.807) is 19.1 Å². The molecule has 0 aliphatic rings. The lowest BCUT2D eigenvalue weighted by Gasteiger charge is -2.05. The summed E-state index contributed by atoms with van der Waals surface area (Å²) in [6.45, 7) is 1.75. The highest BCUT2D eigenvalue weighted by atomic mass is 35.5. The Bertz CT molecular complexity index is 569. The van der Waals surface area contributed by atoms with Gasteiger partial charge in [-0.1, -0.05) is 11.6 Å². The predicted molar refractivity (Wildman–Crippen MR) is 68.5 cm³/mol. The summed E-state index contributed by atoms with van der Waals surface area (Å²) in [5.41, 5.74) is 6.39. The molecule has 0 fully saturated rings. The van der Waals surface area contributed by atoms with E-state index in [4.69, 9.17) is 17.3 Å². The first-order valence-corrected chi connectivity index (χ1v) is 5.88. The molecule has 5 nitrogen and oxygen atoms in total. The second-order valence-corrected chi connectivity index (χ2v) is 4.52. The Labute approximate surface area is 107 Å². The van der Waals surface area contributed by atoms with Crippen molar-refractivity contribution in [1.29, 1.82) is 0 Å². The molecule has 0 unspecified atom stereocenters. The highest BCUT2D eigenvalue weighted by Crippen LogP contribution is 2.20. The van der Waals surface area contributed by atoms with Gasteiger partial charge in [0.1, 0.15) is 5.82 Å². The van der Waals surface area contributed by atoms with Gasteiger partial charge < -0.3 is 5.73 Å². The molecule has 0 atom stereocenters. The molecule has 2 rings (SSSR count). The van der Waals surface area contributed by atoms with Gasteiger partial charge in [0, 0.05) is 22.2 Å². The summed E-state index contributed by atoms with van der Waals surface area (Å²) in [4.78, 5) is 15.9. The van der Waals surface area contributed by atoms with E-state index in [9.17, 15) is 4.79 Å². The fourth-order valence-corrected chi connectivity index (χ4v) is 1.98. The molecule has 1 heterocycles. The largest absolute Gasteiger partial charge is 0.398 e. The molecule has 17 heavy (non-hydrogen) atoms. The maximum atomic E-state index is 11.9. The molecule has 3 N–H and O–H groups in total. The molecule has 1 amide bonds. The SMILES string of the molecule is Cc1nsc(NC(=O)c2cc(Cl)ccc2N)n1. The van der Waals surface area contributed by atoms with E-state index in [2.05, 4.69) is 14.7 Å². The lowest BCUT2D eigenvalue weighted by Crippen LogP contribution is -2.13. The summed E-state index contributed by atoms with van der Waals surface area (Å²) in [6.07, 6.45) is 0. The summed E-state index contributed by atoms with van der Waals surface area (Å²) in [7, 11) is 0. The number of aromatic nitrogens is 2. The van der Waals surface area contributed by atoms with Crippen molar-refractivity contribution in [2.75, 3.05) is 11.1 Å². The van der Waals surface area contributed by atoms with Crippen LogP contribution in [0, 0.1) is 6.92 Å². The van der Waals surface area contributed by atoms with Gasteiger partial charge in [0.05, 0.1) is 5.56 Å². The van der Waals surface area contributed by atoms with Crippen molar-refractivity contribution in [1.82, 2.24) is 9.36 Å². The summed E-state index contributed by atoms with van der Waals surface area (Å²) in [6, 6.07) is 4.73. The number of aryl methyl sites for hydroxylation is 1. The number of nitrogens with one attached hydrogen (secondary N) is 1. The highest BCUT2D eigenvalue weighted by molar-refractivity contribution is 7.09. The number of nitrogen functional groups attached to an aromatic ring is 1. The number of nitrogens with two attached hydrogens (primary N) is 1. The van der Waals surface area contributed by atoms with Crippen LogP contribution in [-0.4, -0.2) is 15.3 Å². The Balaban J connectivity index is 2.22. The van der Waals surface area contributed by atoms with E-state index in [1.165, 1.54) is 6.07 Å². The molecule has 1 aromatic heterocycles. The molecule has 0 saturated carbocycles. The van der Waals surface area contributed by atoms with Gasteiger partial charge in [-0.15, -0.1) is 0 Å². The molecule has 1 aromatic carbocycles. The summed E-state index contributed by atoms with van der Waals surface area (Å²) < 4.78 is 3.96. The van der Waals surface area contributed by atoms with Crippen LogP contribution in [0.15, 0.2) is 18.2 Å². The van der Waals surface area contributed by atoms with E-state index < -0.39 is 0 Å². The average Bonchev–Trinajstić information content (AvgIpc) is 2.67.